The molecule has 3 aliphatic rings. The first-order valence-corrected chi connectivity index (χ1v) is 18.8. The van der Waals surface area contributed by atoms with Gasteiger partial charge in [-0.3, -0.25) is 19.2 Å². The minimum absolute atomic E-state index is 0.0545. The number of unbranched alkanes of at least 4 members (excludes halogenated alkanes) is 3. The van der Waals surface area contributed by atoms with Crippen LogP contribution in [0.2, 0.25) is 0 Å². The summed E-state index contributed by atoms with van der Waals surface area (Å²) in [7, 11) is 0. The van der Waals surface area contributed by atoms with Crippen molar-refractivity contribution in [3.63, 3.8) is 0 Å². The highest BCUT2D eigenvalue weighted by molar-refractivity contribution is 9.09. The smallest absolute Gasteiger partial charge is 0.313 e. The second-order valence-corrected chi connectivity index (χ2v) is 15.0. The Morgan fingerprint density at radius 1 is 1.12 bits per heavy atom. The Morgan fingerprint density at radius 2 is 1.86 bits per heavy atom. The normalized spacial score (nSPS) is 25.3. The lowest BCUT2D eigenvalue weighted by molar-refractivity contribution is -0.160. The molecule has 1 spiro atoms. The molecule has 10 nitrogen and oxygen atoms in total. The number of nitrogens with one attached hydrogen (secondary N) is 1. The SMILES string of the molecule is C=CCCC(=O)NC[C@@H](OC(=O)[C@@H]1[C@H]2O[C@@]3(CC2Br)[C@H](C(=O)N(CC=C)c2cc(C)ccc2C)N(CCCCCCO)C(=O)[C@@H]13)c1ccccc1. The van der Waals surface area contributed by atoms with Crippen LogP contribution < -0.4 is 10.2 Å². The Bertz CT molecular complexity index is 1600. The summed E-state index contributed by atoms with van der Waals surface area (Å²) >= 11 is 3.76. The summed E-state index contributed by atoms with van der Waals surface area (Å²) in [5.74, 6) is -3.28. The fraction of sp³-hybridized carbons (Fsp3) is 0.500. The number of esters is 1. The molecule has 1 unspecified atom stereocenters. The first-order chi connectivity index (χ1) is 24.6. The van der Waals surface area contributed by atoms with Crippen molar-refractivity contribution in [3.8, 4) is 0 Å². The summed E-state index contributed by atoms with van der Waals surface area (Å²) in [6, 6.07) is 14.1. The number of fused-ring (bicyclic) bond motifs is 1. The molecule has 2 aromatic rings. The summed E-state index contributed by atoms with van der Waals surface area (Å²) in [6.45, 7) is 12.2. The van der Waals surface area contributed by atoms with E-state index in [1.165, 1.54) is 0 Å². The van der Waals surface area contributed by atoms with E-state index in [4.69, 9.17) is 9.47 Å². The molecule has 3 amide bonds. The molecule has 11 heteroatoms. The van der Waals surface area contributed by atoms with Crippen LogP contribution in [0.25, 0.3) is 0 Å². The van der Waals surface area contributed by atoms with E-state index in [0.29, 0.717) is 37.8 Å². The number of carbonyl (C=O) groups excluding carboxylic acids is 4. The molecular weight excluding hydrogens is 714 g/mol. The molecule has 0 aliphatic carbocycles. The average Bonchev–Trinajstić information content (AvgIpc) is 3.72. The van der Waals surface area contributed by atoms with Crippen LogP contribution in [0.15, 0.2) is 73.8 Å². The van der Waals surface area contributed by atoms with Gasteiger partial charge in [-0.2, -0.15) is 0 Å². The van der Waals surface area contributed by atoms with Crippen LogP contribution in [0.4, 0.5) is 5.69 Å². The Balaban J connectivity index is 1.49. The van der Waals surface area contributed by atoms with Crippen LogP contribution in [-0.4, -0.2) is 82.5 Å². The number of aryl methyl sites for hydroxylation is 2. The number of amides is 3. The number of likely N-dealkylation sites (tertiary alicyclic amines) is 1. The lowest BCUT2D eigenvalue weighted by Gasteiger charge is -2.37. The van der Waals surface area contributed by atoms with Gasteiger partial charge in [0.25, 0.3) is 5.91 Å². The van der Waals surface area contributed by atoms with E-state index >= 15 is 0 Å². The summed E-state index contributed by atoms with van der Waals surface area (Å²) in [5.41, 5.74) is 2.07. The Kier molecular flexibility index (Phi) is 12.9. The van der Waals surface area contributed by atoms with Gasteiger partial charge >= 0.3 is 5.97 Å². The molecule has 0 radical (unpaired) electrons. The summed E-state index contributed by atoms with van der Waals surface area (Å²) < 4.78 is 13.0. The number of aliphatic hydroxyl groups is 1. The van der Waals surface area contributed by atoms with Gasteiger partial charge in [-0.1, -0.05) is 83.4 Å². The Morgan fingerprint density at radius 3 is 2.57 bits per heavy atom. The molecule has 0 aromatic heterocycles. The number of anilines is 1. The zero-order valence-electron chi connectivity index (χ0n) is 29.6. The number of rotatable bonds is 18. The summed E-state index contributed by atoms with van der Waals surface area (Å²) in [4.78, 5) is 59.5. The number of hydrogen-bond donors (Lipinski definition) is 2. The second-order valence-electron chi connectivity index (χ2n) is 13.8. The molecule has 0 saturated carbocycles. The zero-order chi connectivity index (χ0) is 36.7. The molecule has 3 fully saturated rings. The maximum Gasteiger partial charge on any atom is 0.313 e. The molecular formula is C40H50BrN3O7. The second kappa shape index (κ2) is 17.1. The molecule has 3 aliphatic heterocycles. The van der Waals surface area contributed by atoms with Crippen molar-refractivity contribution in [1.29, 1.82) is 0 Å². The fourth-order valence-corrected chi connectivity index (χ4v) is 8.84. The van der Waals surface area contributed by atoms with Gasteiger partial charge in [-0.15, -0.1) is 13.2 Å². The van der Waals surface area contributed by atoms with Crippen molar-refractivity contribution in [2.45, 2.75) is 87.5 Å². The van der Waals surface area contributed by atoms with Crippen molar-refractivity contribution < 1.29 is 33.8 Å². The molecule has 2 bridgehead atoms. The van der Waals surface area contributed by atoms with Gasteiger partial charge in [0.2, 0.25) is 11.8 Å². The van der Waals surface area contributed by atoms with E-state index < -0.39 is 41.7 Å². The van der Waals surface area contributed by atoms with Crippen molar-refractivity contribution in [2.24, 2.45) is 11.8 Å². The first kappa shape index (κ1) is 38.4. The molecule has 274 valence electrons. The highest BCUT2D eigenvalue weighted by Gasteiger charge is 2.77. The number of hydrogen-bond acceptors (Lipinski definition) is 7. The van der Waals surface area contributed by atoms with Gasteiger partial charge in [-0.25, -0.2) is 0 Å². The predicted molar refractivity (Wildman–Crippen MR) is 199 cm³/mol. The largest absolute Gasteiger partial charge is 0.455 e. The van der Waals surface area contributed by atoms with Crippen LogP contribution in [0.5, 0.6) is 0 Å². The molecule has 2 aromatic carbocycles. The van der Waals surface area contributed by atoms with Crippen LogP contribution >= 0.6 is 15.9 Å². The third-order valence-electron chi connectivity index (χ3n) is 10.3. The van der Waals surface area contributed by atoms with E-state index in [1.54, 1.807) is 22.0 Å². The first-order valence-electron chi connectivity index (χ1n) is 17.9. The number of ether oxygens (including phenoxy) is 2. The molecule has 3 heterocycles. The number of alkyl halides is 1. The lowest BCUT2D eigenvalue weighted by atomic mass is 9.70. The zero-order valence-corrected chi connectivity index (χ0v) is 31.2. The highest BCUT2D eigenvalue weighted by Crippen LogP contribution is 2.60. The number of halogens is 1. The maximum absolute atomic E-state index is 15.0. The van der Waals surface area contributed by atoms with Gasteiger partial charge in [0, 0.05) is 36.6 Å². The van der Waals surface area contributed by atoms with Gasteiger partial charge in [-0.05, 0) is 62.3 Å². The highest BCUT2D eigenvalue weighted by atomic mass is 79.9. The summed E-state index contributed by atoms with van der Waals surface area (Å²) in [6.07, 6.45) is 5.83. The minimum Gasteiger partial charge on any atom is -0.455 e. The van der Waals surface area contributed by atoms with Gasteiger partial charge in [0.1, 0.15) is 17.7 Å². The monoisotopic (exact) mass is 763 g/mol. The number of benzene rings is 2. The number of aliphatic hydroxyl groups excluding tert-OH is 1. The van der Waals surface area contributed by atoms with E-state index in [9.17, 15) is 24.3 Å². The van der Waals surface area contributed by atoms with Gasteiger partial charge in [0.15, 0.2) is 0 Å². The van der Waals surface area contributed by atoms with Crippen molar-refractivity contribution in [1.82, 2.24) is 10.2 Å². The van der Waals surface area contributed by atoms with Crippen LogP contribution in [-0.2, 0) is 28.7 Å². The molecule has 5 rings (SSSR count). The van der Waals surface area contributed by atoms with Gasteiger partial charge < -0.3 is 29.7 Å². The number of nitrogens with zero attached hydrogens (tertiary/aromatic N) is 2. The van der Waals surface area contributed by atoms with E-state index in [0.717, 1.165) is 29.7 Å². The number of allylic oxidation sites excluding steroid dienone is 1. The Labute approximate surface area is 309 Å². The quantitative estimate of drug-likeness (QED) is 0.0891. The topological polar surface area (TPSA) is 125 Å². The Hall–Kier alpha value is -3.80. The van der Waals surface area contributed by atoms with Crippen molar-refractivity contribution in [2.75, 3.05) is 31.1 Å². The minimum atomic E-state index is -1.26. The standard InChI is InChI=1S/C40H50BrN3O7/c1-5-7-17-32(46)42-25-31(28-15-11-10-12-16-28)50-39(49)33-34-37(47)44(21-13-8-9-14-22-45)36(40(34)24-29(41)35(33)51-40)38(48)43(20-6-2)30-23-26(3)18-19-27(30)4/h5-6,10-12,15-16,18-19,23,29,31,33-36,45H,1-2,7-9,13-14,17,20-22,24-25H2,3-4H3,(H,42,46)/t29?,31-,33+,34-,35+,36+,40-/m1/s1. The van der Waals surface area contributed by atoms with E-state index in [1.807, 2.05) is 62.4 Å². The molecule has 7 atom stereocenters. The number of carbonyl (C=O) groups is 4. The molecule has 51 heavy (non-hydrogen) atoms. The third-order valence-corrected chi connectivity index (χ3v) is 11.2. The van der Waals surface area contributed by atoms with E-state index in [2.05, 4.69) is 34.4 Å². The third kappa shape index (κ3) is 8.00. The van der Waals surface area contributed by atoms with Gasteiger partial charge in [0.05, 0.1) is 24.5 Å². The maximum atomic E-state index is 15.0. The fourth-order valence-electron chi connectivity index (χ4n) is 7.90. The van der Waals surface area contributed by atoms with Crippen molar-refractivity contribution in [3.05, 3.63) is 90.5 Å². The lowest BCUT2D eigenvalue weighted by Crippen LogP contribution is -2.57. The predicted octanol–water partition coefficient (Wildman–Crippen LogP) is 5.49. The van der Waals surface area contributed by atoms with Crippen molar-refractivity contribution >= 4 is 45.3 Å². The average molecular weight is 765 g/mol. The summed E-state index contributed by atoms with van der Waals surface area (Å²) in [5, 5.41) is 12.2. The molecule has 3 saturated heterocycles. The van der Waals surface area contributed by atoms with Crippen LogP contribution in [0, 0.1) is 25.7 Å². The van der Waals surface area contributed by atoms with Crippen LogP contribution in [0.3, 0.4) is 0 Å². The van der Waals surface area contributed by atoms with Crippen LogP contribution in [0.1, 0.15) is 67.7 Å². The van der Waals surface area contributed by atoms with E-state index in [-0.39, 0.29) is 48.7 Å². The molecule has 2 N–H and O–H groups in total.